The molecule has 1 aromatic carbocycles. The first kappa shape index (κ1) is 11.4. The molecule has 3 fully saturated rings. The Morgan fingerprint density at radius 3 is 2.94 bits per heavy atom. The quantitative estimate of drug-likeness (QED) is 0.908. The molecule has 1 aliphatic heterocycles. The lowest BCUT2D eigenvalue weighted by Crippen LogP contribution is -2.40. The lowest BCUT2D eigenvalue weighted by atomic mass is 9.88. The van der Waals surface area contributed by atoms with Crippen molar-refractivity contribution in [1.29, 1.82) is 0 Å². The van der Waals surface area contributed by atoms with Crippen LogP contribution in [-0.2, 0) is 6.54 Å². The fourth-order valence-corrected chi connectivity index (χ4v) is 5.04. The molecule has 2 bridgehead atoms. The predicted octanol–water partition coefficient (Wildman–Crippen LogP) is 2.65. The van der Waals surface area contributed by atoms with E-state index in [2.05, 4.69) is 45.1 Å². The van der Waals surface area contributed by atoms with Gasteiger partial charge in [-0.3, -0.25) is 4.90 Å². The average molecular weight is 308 g/mol. The summed E-state index contributed by atoms with van der Waals surface area (Å²) in [5, 5.41) is 10.4. The van der Waals surface area contributed by atoms with Gasteiger partial charge < -0.3 is 5.11 Å². The molecular formula is C15H18BrNO. The molecule has 4 rings (SSSR count). The van der Waals surface area contributed by atoms with Crippen molar-refractivity contribution >= 4 is 15.9 Å². The second-order valence-electron chi connectivity index (χ2n) is 6.20. The first-order chi connectivity index (χ1) is 8.72. The highest BCUT2D eigenvalue weighted by Crippen LogP contribution is 2.55. The van der Waals surface area contributed by atoms with Crippen molar-refractivity contribution in [3.8, 4) is 0 Å². The van der Waals surface area contributed by atoms with Crippen molar-refractivity contribution in [1.82, 2.24) is 4.90 Å². The molecule has 0 radical (unpaired) electrons. The third kappa shape index (κ3) is 1.60. The van der Waals surface area contributed by atoms with E-state index in [1.165, 1.54) is 24.9 Å². The molecule has 3 aliphatic rings. The largest absolute Gasteiger partial charge is 0.391 e. The van der Waals surface area contributed by atoms with Gasteiger partial charge in [0, 0.05) is 23.6 Å². The number of nitrogens with zero attached hydrogens (tertiary/aromatic N) is 1. The van der Waals surface area contributed by atoms with Gasteiger partial charge in [0.15, 0.2) is 0 Å². The summed E-state index contributed by atoms with van der Waals surface area (Å²) in [5.41, 5.74) is 1.35. The highest BCUT2D eigenvalue weighted by Gasteiger charge is 2.58. The Kier molecular flexibility index (Phi) is 2.58. The second kappa shape index (κ2) is 4.06. The Labute approximate surface area is 116 Å². The van der Waals surface area contributed by atoms with E-state index in [1.807, 2.05) is 0 Å². The van der Waals surface area contributed by atoms with Crippen LogP contribution >= 0.6 is 15.9 Å². The second-order valence-corrected chi connectivity index (χ2v) is 7.11. The smallest absolute Gasteiger partial charge is 0.0726 e. The summed E-state index contributed by atoms with van der Waals surface area (Å²) in [7, 11) is 0. The summed E-state index contributed by atoms with van der Waals surface area (Å²) < 4.78 is 1.15. The SMILES string of the molecule is OC1C2CC3CN(Cc4cccc(Br)c4)C1C3C2. The minimum absolute atomic E-state index is 0.0686. The maximum Gasteiger partial charge on any atom is 0.0726 e. The van der Waals surface area contributed by atoms with Gasteiger partial charge >= 0.3 is 0 Å². The molecule has 18 heavy (non-hydrogen) atoms. The zero-order valence-electron chi connectivity index (χ0n) is 10.3. The lowest BCUT2D eigenvalue weighted by molar-refractivity contribution is 0.0484. The van der Waals surface area contributed by atoms with Gasteiger partial charge in [-0.2, -0.15) is 0 Å². The summed E-state index contributed by atoms with van der Waals surface area (Å²) >= 11 is 3.53. The van der Waals surface area contributed by atoms with Crippen molar-refractivity contribution in [2.24, 2.45) is 17.8 Å². The first-order valence-corrected chi connectivity index (χ1v) is 7.68. The van der Waals surface area contributed by atoms with Gasteiger partial charge in [0.25, 0.3) is 0 Å². The molecular weight excluding hydrogens is 290 g/mol. The predicted molar refractivity (Wildman–Crippen MR) is 74.1 cm³/mol. The van der Waals surface area contributed by atoms with E-state index in [-0.39, 0.29) is 6.10 Å². The number of rotatable bonds is 2. The zero-order chi connectivity index (χ0) is 12.3. The maximum atomic E-state index is 10.4. The molecule has 1 N–H and O–H groups in total. The normalized spacial score (nSPS) is 41.8. The molecule has 5 atom stereocenters. The van der Waals surface area contributed by atoms with Crippen LogP contribution in [0.4, 0.5) is 0 Å². The Balaban J connectivity index is 1.57. The van der Waals surface area contributed by atoms with E-state index < -0.39 is 0 Å². The van der Waals surface area contributed by atoms with Crippen molar-refractivity contribution in [2.75, 3.05) is 6.54 Å². The summed E-state index contributed by atoms with van der Waals surface area (Å²) in [6, 6.07) is 8.98. The molecule has 3 heteroatoms. The Bertz CT molecular complexity index is 475. The van der Waals surface area contributed by atoms with Gasteiger partial charge in [0.2, 0.25) is 0 Å². The number of likely N-dealkylation sites (tertiary alicyclic amines) is 1. The van der Waals surface area contributed by atoms with Gasteiger partial charge in [-0.1, -0.05) is 28.1 Å². The minimum atomic E-state index is -0.0686. The number of fused-ring (bicyclic) bond motifs is 1. The molecule has 5 unspecified atom stereocenters. The molecule has 2 aliphatic carbocycles. The Morgan fingerprint density at radius 1 is 1.28 bits per heavy atom. The van der Waals surface area contributed by atoms with Crippen LogP contribution < -0.4 is 0 Å². The highest BCUT2D eigenvalue weighted by molar-refractivity contribution is 9.10. The third-order valence-electron chi connectivity index (χ3n) is 5.22. The zero-order valence-corrected chi connectivity index (χ0v) is 11.9. The minimum Gasteiger partial charge on any atom is -0.391 e. The van der Waals surface area contributed by atoms with Crippen LogP contribution in [-0.4, -0.2) is 28.7 Å². The fourth-order valence-electron chi connectivity index (χ4n) is 4.59. The van der Waals surface area contributed by atoms with E-state index in [4.69, 9.17) is 0 Å². The molecule has 1 saturated heterocycles. The topological polar surface area (TPSA) is 23.5 Å². The van der Waals surface area contributed by atoms with Gasteiger partial charge in [0.1, 0.15) is 0 Å². The summed E-state index contributed by atoms with van der Waals surface area (Å²) in [4.78, 5) is 2.52. The number of aliphatic hydroxyl groups excluding tert-OH is 1. The molecule has 2 saturated carbocycles. The van der Waals surface area contributed by atoms with Crippen LogP contribution in [0, 0.1) is 17.8 Å². The van der Waals surface area contributed by atoms with Crippen LogP contribution in [0.5, 0.6) is 0 Å². The van der Waals surface area contributed by atoms with Crippen LogP contribution in [0.15, 0.2) is 28.7 Å². The van der Waals surface area contributed by atoms with Crippen LogP contribution in [0.3, 0.4) is 0 Å². The monoisotopic (exact) mass is 307 g/mol. The Hall–Kier alpha value is -0.380. The van der Waals surface area contributed by atoms with Crippen LogP contribution in [0.1, 0.15) is 18.4 Å². The molecule has 0 amide bonds. The van der Waals surface area contributed by atoms with Gasteiger partial charge in [0.05, 0.1) is 6.10 Å². The van der Waals surface area contributed by atoms with E-state index in [0.29, 0.717) is 12.0 Å². The van der Waals surface area contributed by atoms with E-state index >= 15 is 0 Å². The van der Waals surface area contributed by atoms with Crippen molar-refractivity contribution in [3.05, 3.63) is 34.3 Å². The number of hydrogen-bond donors (Lipinski definition) is 1. The fraction of sp³-hybridized carbons (Fsp3) is 0.600. The molecule has 0 spiro atoms. The lowest BCUT2D eigenvalue weighted by Gasteiger charge is -2.29. The van der Waals surface area contributed by atoms with Gasteiger partial charge in [-0.05, 0) is 48.3 Å². The van der Waals surface area contributed by atoms with Crippen molar-refractivity contribution in [3.63, 3.8) is 0 Å². The van der Waals surface area contributed by atoms with Crippen molar-refractivity contribution < 1.29 is 5.11 Å². The third-order valence-corrected chi connectivity index (χ3v) is 5.72. The summed E-state index contributed by atoms with van der Waals surface area (Å²) in [6.45, 7) is 2.18. The molecule has 1 heterocycles. The van der Waals surface area contributed by atoms with E-state index in [9.17, 15) is 5.11 Å². The standard InChI is InChI=1S/C15H18BrNO/c16-12-3-1-2-9(4-12)7-17-8-11-5-10-6-13(11)14(17)15(10)18/h1-4,10-11,13-15,18H,5-8H2. The number of halogens is 1. The van der Waals surface area contributed by atoms with Gasteiger partial charge in [-0.25, -0.2) is 0 Å². The number of hydrogen-bond acceptors (Lipinski definition) is 2. The van der Waals surface area contributed by atoms with Gasteiger partial charge in [-0.15, -0.1) is 0 Å². The van der Waals surface area contributed by atoms with Crippen LogP contribution in [0.2, 0.25) is 0 Å². The first-order valence-electron chi connectivity index (χ1n) is 6.89. The molecule has 0 aromatic heterocycles. The highest BCUT2D eigenvalue weighted by atomic mass is 79.9. The van der Waals surface area contributed by atoms with E-state index in [0.717, 1.165) is 22.9 Å². The number of aliphatic hydroxyl groups is 1. The molecule has 96 valence electrons. The number of benzene rings is 1. The molecule has 1 aromatic rings. The van der Waals surface area contributed by atoms with Crippen LogP contribution in [0.25, 0.3) is 0 Å². The Morgan fingerprint density at radius 2 is 2.17 bits per heavy atom. The summed E-state index contributed by atoms with van der Waals surface area (Å²) in [6.07, 6.45) is 2.46. The average Bonchev–Trinajstić information content (AvgIpc) is 2.91. The maximum absolute atomic E-state index is 10.4. The summed E-state index contributed by atoms with van der Waals surface area (Å²) in [5.74, 6) is 2.23. The molecule has 2 nitrogen and oxygen atoms in total. The van der Waals surface area contributed by atoms with E-state index in [1.54, 1.807) is 0 Å². The van der Waals surface area contributed by atoms with Crippen molar-refractivity contribution in [2.45, 2.75) is 31.5 Å².